The van der Waals surface area contributed by atoms with Crippen LogP contribution in [0.4, 0.5) is 0 Å². The number of aliphatic imine (C=N–C) groups is 1. The van der Waals surface area contributed by atoms with Crippen molar-refractivity contribution in [3.63, 3.8) is 0 Å². The van der Waals surface area contributed by atoms with E-state index in [0.717, 1.165) is 12.0 Å². The van der Waals surface area contributed by atoms with Crippen molar-refractivity contribution in [3.05, 3.63) is 48.0 Å². The highest BCUT2D eigenvalue weighted by Gasteiger charge is 2.58. The molecular formula is C22H29IN4O3. The number of fused-ring (bicyclic) bond motifs is 5. The van der Waals surface area contributed by atoms with Gasteiger partial charge in [-0.3, -0.25) is 19.5 Å². The largest absolute Gasteiger partial charge is 0.375 e. The molecule has 0 spiro atoms. The van der Waals surface area contributed by atoms with Gasteiger partial charge in [-0.25, -0.2) is 0 Å². The molecule has 162 valence electrons. The summed E-state index contributed by atoms with van der Waals surface area (Å²) >= 11 is 0. The van der Waals surface area contributed by atoms with E-state index in [1.807, 2.05) is 30.3 Å². The van der Waals surface area contributed by atoms with Gasteiger partial charge in [0.2, 0.25) is 11.8 Å². The second-order valence-corrected chi connectivity index (χ2v) is 7.79. The molecular weight excluding hydrogens is 495 g/mol. The molecule has 1 aromatic rings. The van der Waals surface area contributed by atoms with E-state index in [9.17, 15) is 9.59 Å². The first-order chi connectivity index (χ1) is 14.2. The first-order valence-electron chi connectivity index (χ1n) is 10.3. The van der Waals surface area contributed by atoms with Gasteiger partial charge in [0, 0.05) is 26.7 Å². The molecule has 0 radical (unpaired) electrons. The maximum absolute atomic E-state index is 12.7. The number of guanidine groups is 1. The zero-order valence-corrected chi connectivity index (χ0v) is 19.5. The summed E-state index contributed by atoms with van der Waals surface area (Å²) in [6.45, 7) is 2.59. The van der Waals surface area contributed by atoms with Crippen LogP contribution in [0.25, 0.3) is 0 Å². The van der Waals surface area contributed by atoms with Crippen molar-refractivity contribution in [2.24, 2.45) is 28.7 Å². The van der Waals surface area contributed by atoms with Crippen LogP contribution in [0, 0.1) is 23.7 Å². The van der Waals surface area contributed by atoms with Gasteiger partial charge in [0.15, 0.2) is 5.96 Å². The second-order valence-electron chi connectivity index (χ2n) is 7.79. The zero-order valence-electron chi connectivity index (χ0n) is 17.1. The fraction of sp³-hybridized carbons (Fsp3) is 0.500. The lowest BCUT2D eigenvalue weighted by Gasteiger charge is -2.18. The number of hydrogen-bond donors (Lipinski definition) is 2. The van der Waals surface area contributed by atoms with Gasteiger partial charge in [-0.05, 0) is 23.8 Å². The molecule has 2 N–H and O–H groups in total. The van der Waals surface area contributed by atoms with E-state index in [2.05, 4.69) is 27.8 Å². The summed E-state index contributed by atoms with van der Waals surface area (Å²) in [7, 11) is 1.69. The van der Waals surface area contributed by atoms with Crippen LogP contribution in [0.3, 0.4) is 0 Å². The molecule has 8 heteroatoms. The number of carbonyl (C=O) groups is 2. The number of ether oxygens (including phenoxy) is 1. The summed E-state index contributed by atoms with van der Waals surface area (Å²) in [5.41, 5.74) is 1.14. The minimum Gasteiger partial charge on any atom is -0.375 e. The van der Waals surface area contributed by atoms with Crippen molar-refractivity contribution in [1.82, 2.24) is 15.5 Å². The molecule has 1 heterocycles. The highest BCUT2D eigenvalue weighted by Crippen LogP contribution is 2.52. The minimum absolute atomic E-state index is 0. The summed E-state index contributed by atoms with van der Waals surface area (Å²) in [6, 6.07) is 10.0. The van der Waals surface area contributed by atoms with Gasteiger partial charge in [-0.2, -0.15) is 0 Å². The Morgan fingerprint density at radius 1 is 1.07 bits per heavy atom. The van der Waals surface area contributed by atoms with Gasteiger partial charge >= 0.3 is 0 Å². The summed E-state index contributed by atoms with van der Waals surface area (Å²) < 4.78 is 5.65. The Hall–Kier alpha value is -1.94. The van der Waals surface area contributed by atoms with E-state index in [4.69, 9.17) is 4.74 Å². The van der Waals surface area contributed by atoms with Crippen LogP contribution in [0.5, 0.6) is 0 Å². The van der Waals surface area contributed by atoms with Gasteiger partial charge in [-0.15, -0.1) is 24.0 Å². The molecule has 4 atom stereocenters. The van der Waals surface area contributed by atoms with Gasteiger partial charge in [0.25, 0.3) is 0 Å². The van der Waals surface area contributed by atoms with E-state index in [0.29, 0.717) is 38.8 Å². The van der Waals surface area contributed by atoms with E-state index >= 15 is 0 Å². The van der Waals surface area contributed by atoms with Crippen molar-refractivity contribution in [2.75, 3.05) is 33.3 Å². The van der Waals surface area contributed by atoms with Crippen LogP contribution in [0.15, 0.2) is 47.5 Å². The Morgan fingerprint density at radius 2 is 1.70 bits per heavy atom. The predicted octanol–water partition coefficient (Wildman–Crippen LogP) is 1.79. The number of halogens is 1. The molecule has 30 heavy (non-hydrogen) atoms. The molecule has 3 aliphatic rings. The average molecular weight is 524 g/mol. The number of likely N-dealkylation sites (tertiary alicyclic amines) is 1. The Kier molecular flexibility index (Phi) is 7.87. The molecule has 1 saturated heterocycles. The molecule has 1 saturated carbocycles. The summed E-state index contributed by atoms with van der Waals surface area (Å²) in [5, 5.41) is 6.35. The molecule has 1 aliphatic heterocycles. The first kappa shape index (κ1) is 22.7. The lowest BCUT2D eigenvalue weighted by molar-refractivity contribution is -0.140. The van der Waals surface area contributed by atoms with Crippen molar-refractivity contribution in [3.8, 4) is 0 Å². The monoisotopic (exact) mass is 524 g/mol. The van der Waals surface area contributed by atoms with Gasteiger partial charge in [0.05, 0.1) is 25.0 Å². The number of nitrogens with one attached hydrogen (secondary N) is 2. The Balaban J connectivity index is 0.00000256. The van der Waals surface area contributed by atoms with Crippen LogP contribution >= 0.6 is 24.0 Å². The Labute approximate surface area is 194 Å². The quantitative estimate of drug-likeness (QED) is 0.135. The smallest absolute Gasteiger partial charge is 0.233 e. The lowest BCUT2D eigenvalue weighted by atomic mass is 9.85. The van der Waals surface area contributed by atoms with Crippen LogP contribution in [0.2, 0.25) is 0 Å². The number of nitrogens with zero attached hydrogens (tertiary/aromatic N) is 2. The minimum atomic E-state index is -0.128. The Bertz CT molecular complexity index is 784. The number of amides is 2. The molecule has 7 nitrogen and oxygen atoms in total. The molecule has 4 rings (SSSR count). The van der Waals surface area contributed by atoms with Crippen molar-refractivity contribution >= 4 is 41.8 Å². The topological polar surface area (TPSA) is 83.0 Å². The second kappa shape index (κ2) is 10.4. The Morgan fingerprint density at radius 3 is 2.33 bits per heavy atom. The number of carbonyl (C=O) groups excluding carboxylic acids is 2. The standard InChI is InChI=1S/C22H28N4O3.HI/c1-23-22(25-10-12-29-14-15-5-3-2-4-6-15)24-9-11-26-20(27)18-16-7-8-17(13-16)19(18)21(26)28;/h2-8,16-19H,9-14H2,1H3,(H2,23,24,25);1H. The number of rotatable bonds is 8. The number of imide groups is 1. The third kappa shape index (κ3) is 4.69. The predicted molar refractivity (Wildman–Crippen MR) is 125 cm³/mol. The van der Waals surface area contributed by atoms with E-state index in [1.54, 1.807) is 7.05 Å². The zero-order chi connectivity index (χ0) is 20.2. The van der Waals surface area contributed by atoms with E-state index in [1.165, 1.54) is 4.90 Å². The van der Waals surface area contributed by atoms with Crippen molar-refractivity contribution < 1.29 is 14.3 Å². The molecule has 2 bridgehead atoms. The number of hydrogen-bond acceptors (Lipinski definition) is 4. The van der Waals surface area contributed by atoms with Gasteiger partial charge < -0.3 is 15.4 Å². The van der Waals surface area contributed by atoms with Crippen molar-refractivity contribution in [2.45, 2.75) is 13.0 Å². The fourth-order valence-corrected chi connectivity index (χ4v) is 4.70. The van der Waals surface area contributed by atoms with E-state index in [-0.39, 0.29) is 59.5 Å². The van der Waals surface area contributed by atoms with Crippen LogP contribution in [-0.2, 0) is 20.9 Å². The molecule has 0 aromatic heterocycles. The van der Waals surface area contributed by atoms with E-state index < -0.39 is 0 Å². The highest BCUT2D eigenvalue weighted by atomic mass is 127. The highest BCUT2D eigenvalue weighted by molar-refractivity contribution is 14.0. The summed E-state index contributed by atoms with van der Waals surface area (Å²) in [4.78, 5) is 31.0. The molecule has 2 amide bonds. The normalized spacial score (nSPS) is 26.7. The molecule has 2 fully saturated rings. The summed E-state index contributed by atoms with van der Waals surface area (Å²) in [6.07, 6.45) is 5.19. The van der Waals surface area contributed by atoms with Crippen LogP contribution < -0.4 is 10.6 Å². The van der Waals surface area contributed by atoms with Crippen LogP contribution in [-0.4, -0.2) is 56.0 Å². The third-order valence-electron chi connectivity index (χ3n) is 6.06. The maximum atomic E-state index is 12.7. The maximum Gasteiger partial charge on any atom is 0.233 e. The fourth-order valence-electron chi connectivity index (χ4n) is 4.70. The average Bonchev–Trinajstić information content (AvgIpc) is 3.42. The van der Waals surface area contributed by atoms with Gasteiger partial charge in [0.1, 0.15) is 0 Å². The van der Waals surface area contributed by atoms with Crippen LogP contribution in [0.1, 0.15) is 12.0 Å². The first-order valence-corrected chi connectivity index (χ1v) is 10.3. The summed E-state index contributed by atoms with van der Waals surface area (Å²) in [5.74, 6) is 0.879. The van der Waals surface area contributed by atoms with Crippen molar-refractivity contribution in [1.29, 1.82) is 0 Å². The number of benzene rings is 1. The third-order valence-corrected chi connectivity index (χ3v) is 6.06. The molecule has 1 aromatic carbocycles. The number of allylic oxidation sites excluding steroid dienone is 2. The molecule has 4 unspecified atom stereocenters. The van der Waals surface area contributed by atoms with Gasteiger partial charge in [-0.1, -0.05) is 42.5 Å². The molecule has 2 aliphatic carbocycles. The lowest BCUT2D eigenvalue weighted by Crippen LogP contribution is -2.44. The SMILES string of the molecule is CN=C(NCCOCc1ccccc1)NCCN1C(=O)C2C3C=CC(C3)C2C1=O.I.